The van der Waals surface area contributed by atoms with Gasteiger partial charge in [-0.15, -0.1) is 0 Å². The van der Waals surface area contributed by atoms with E-state index in [0.29, 0.717) is 0 Å². The van der Waals surface area contributed by atoms with Crippen molar-refractivity contribution in [3.05, 3.63) is 95.6 Å². The van der Waals surface area contributed by atoms with Gasteiger partial charge in [-0.25, -0.2) is 9.97 Å². The fourth-order valence-electron chi connectivity index (χ4n) is 3.97. The highest BCUT2D eigenvalue weighted by Crippen LogP contribution is 2.31. The molecule has 2 aliphatic rings. The summed E-state index contributed by atoms with van der Waals surface area (Å²) in [6.45, 7) is 0. The minimum atomic E-state index is 0.820. The number of aromatic nitrogens is 4. The molecular formula is C26H16Cl2N4. The Morgan fingerprint density at radius 3 is 1.66 bits per heavy atom. The van der Waals surface area contributed by atoms with E-state index in [1.54, 1.807) is 8.17 Å². The molecule has 4 aromatic rings. The number of hydrogen-bond acceptors (Lipinski definition) is 2. The molecule has 0 spiro atoms. The van der Waals surface area contributed by atoms with Crippen LogP contribution in [0.4, 0.5) is 0 Å². The first-order chi connectivity index (χ1) is 15.6. The first-order valence-electron chi connectivity index (χ1n) is 10.2. The van der Waals surface area contributed by atoms with Gasteiger partial charge < -0.3 is 0 Å². The van der Waals surface area contributed by atoms with Gasteiger partial charge in [-0.1, -0.05) is 30.3 Å². The van der Waals surface area contributed by atoms with Gasteiger partial charge in [0.1, 0.15) is 0 Å². The number of hydrogen-bond donors (Lipinski definition) is 0. The molecule has 0 amide bonds. The molecule has 4 nitrogen and oxygen atoms in total. The van der Waals surface area contributed by atoms with E-state index in [2.05, 4.69) is 18.2 Å². The molecule has 3 aromatic heterocycles. The van der Waals surface area contributed by atoms with Gasteiger partial charge in [0.15, 0.2) is 0 Å². The Kier molecular flexibility index (Phi) is 4.49. The third kappa shape index (κ3) is 3.34. The van der Waals surface area contributed by atoms with E-state index in [4.69, 9.17) is 33.5 Å². The molecule has 0 fully saturated rings. The second kappa shape index (κ2) is 7.52. The van der Waals surface area contributed by atoms with Gasteiger partial charge in [0.25, 0.3) is 0 Å². The van der Waals surface area contributed by atoms with Crippen molar-refractivity contribution in [1.82, 2.24) is 18.1 Å². The Morgan fingerprint density at radius 1 is 0.531 bits per heavy atom. The van der Waals surface area contributed by atoms with Crippen molar-refractivity contribution in [3.8, 4) is 11.1 Å². The van der Waals surface area contributed by atoms with Crippen LogP contribution in [-0.2, 0) is 0 Å². The molecule has 0 radical (unpaired) electrons. The Bertz CT molecular complexity index is 1590. The van der Waals surface area contributed by atoms with Crippen LogP contribution in [0, 0.1) is 0 Å². The zero-order valence-electron chi connectivity index (χ0n) is 16.8. The lowest BCUT2D eigenvalue weighted by atomic mass is 10.1. The van der Waals surface area contributed by atoms with Gasteiger partial charge in [0.05, 0.1) is 44.8 Å². The molecule has 0 aliphatic carbocycles. The van der Waals surface area contributed by atoms with Gasteiger partial charge in [-0.3, -0.25) is 8.17 Å². The molecule has 0 unspecified atom stereocenters. The molecule has 8 bridgehead atoms. The van der Waals surface area contributed by atoms with Crippen molar-refractivity contribution >= 4 is 69.9 Å². The van der Waals surface area contributed by atoms with Crippen LogP contribution >= 0.6 is 23.6 Å². The number of halogens is 2. The van der Waals surface area contributed by atoms with Gasteiger partial charge in [-0.05, 0) is 72.3 Å². The molecule has 0 atom stereocenters. The van der Waals surface area contributed by atoms with Crippen LogP contribution in [0.3, 0.4) is 0 Å². The Morgan fingerprint density at radius 2 is 1.06 bits per heavy atom. The maximum atomic E-state index is 6.82. The smallest absolute Gasteiger partial charge is 0.0682 e. The lowest BCUT2D eigenvalue weighted by Gasteiger charge is -1.99. The lowest BCUT2D eigenvalue weighted by molar-refractivity contribution is 1.29. The molecule has 2 aliphatic heterocycles. The summed E-state index contributed by atoms with van der Waals surface area (Å²) in [5.74, 6) is 0. The molecular weight excluding hydrogens is 439 g/mol. The average molecular weight is 455 g/mol. The van der Waals surface area contributed by atoms with Gasteiger partial charge in [0, 0.05) is 29.1 Å². The minimum Gasteiger partial charge on any atom is -0.254 e. The number of rotatable bonds is 1. The number of fused-ring (bicyclic) bond motifs is 8. The average Bonchev–Trinajstić information content (AvgIpc) is 3.57. The largest absolute Gasteiger partial charge is 0.254 e. The van der Waals surface area contributed by atoms with Crippen molar-refractivity contribution in [2.24, 2.45) is 0 Å². The van der Waals surface area contributed by atoms with E-state index in [1.807, 2.05) is 78.9 Å². The minimum absolute atomic E-state index is 0.820. The second-order valence-electron chi connectivity index (χ2n) is 7.65. The highest BCUT2D eigenvalue weighted by Gasteiger charge is 2.11. The highest BCUT2D eigenvalue weighted by atomic mass is 35.5. The van der Waals surface area contributed by atoms with Crippen LogP contribution in [0.5, 0.6) is 0 Å². The zero-order valence-corrected chi connectivity index (χ0v) is 18.3. The molecule has 0 saturated carbocycles. The topological polar surface area (TPSA) is 35.6 Å². The first kappa shape index (κ1) is 19.1. The van der Waals surface area contributed by atoms with E-state index < -0.39 is 0 Å². The third-order valence-corrected chi connectivity index (χ3v) is 6.28. The third-order valence-electron chi connectivity index (χ3n) is 5.51. The summed E-state index contributed by atoms with van der Waals surface area (Å²) >= 11 is 13.4. The standard InChI is InChI=1S/C26H16Cl2N4/c27-31-22-10-11-23(31)13-19-8-9-21(30-19)15-26-25(17-4-2-1-3-5-17)16-24(32(26)28)14-20-7-6-18(12-22)29-20/h1-16H. The molecule has 5 heterocycles. The Balaban J connectivity index is 1.74. The van der Waals surface area contributed by atoms with E-state index >= 15 is 0 Å². The van der Waals surface area contributed by atoms with E-state index in [9.17, 15) is 0 Å². The van der Waals surface area contributed by atoms with Crippen LogP contribution in [-0.4, -0.2) is 18.1 Å². The summed E-state index contributed by atoms with van der Waals surface area (Å²) in [5.41, 5.74) is 8.81. The van der Waals surface area contributed by atoms with Gasteiger partial charge in [0.2, 0.25) is 0 Å². The molecule has 0 saturated heterocycles. The number of benzene rings is 1. The van der Waals surface area contributed by atoms with E-state index in [1.165, 1.54) is 0 Å². The monoisotopic (exact) mass is 454 g/mol. The summed E-state index contributed by atoms with van der Waals surface area (Å²) < 4.78 is 3.28. The van der Waals surface area contributed by atoms with Crippen LogP contribution in [0.15, 0.2) is 72.8 Å². The summed E-state index contributed by atoms with van der Waals surface area (Å²) in [5, 5.41) is 0. The quantitative estimate of drug-likeness (QED) is 0.261. The van der Waals surface area contributed by atoms with Crippen LogP contribution in [0.2, 0.25) is 0 Å². The van der Waals surface area contributed by atoms with E-state index in [0.717, 1.165) is 56.0 Å². The van der Waals surface area contributed by atoms with Crippen molar-refractivity contribution < 1.29 is 0 Å². The van der Waals surface area contributed by atoms with Crippen molar-refractivity contribution in [3.63, 3.8) is 0 Å². The summed E-state index contributed by atoms with van der Waals surface area (Å²) in [7, 11) is 0. The van der Waals surface area contributed by atoms with Gasteiger partial charge in [-0.2, -0.15) is 0 Å². The fourth-order valence-corrected chi connectivity index (χ4v) is 4.42. The zero-order chi connectivity index (χ0) is 21.7. The molecule has 154 valence electrons. The lowest BCUT2D eigenvalue weighted by Crippen LogP contribution is -1.83. The van der Waals surface area contributed by atoms with Crippen LogP contribution in [0.1, 0.15) is 22.8 Å². The number of nitrogens with zero attached hydrogens (tertiary/aromatic N) is 4. The van der Waals surface area contributed by atoms with Crippen LogP contribution < -0.4 is 0 Å². The fraction of sp³-hybridized carbons (Fsp3) is 0. The Labute approximate surface area is 194 Å². The van der Waals surface area contributed by atoms with Crippen molar-refractivity contribution in [2.75, 3.05) is 0 Å². The molecule has 32 heavy (non-hydrogen) atoms. The van der Waals surface area contributed by atoms with Gasteiger partial charge >= 0.3 is 0 Å². The SMILES string of the molecule is Cln1c2ccc1cc1nc(cc3c(-c4ccccc4)cc(cc4nc(c2)C=C4)n3Cl)C=C1. The molecule has 6 rings (SSSR count). The summed E-state index contributed by atoms with van der Waals surface area (Å²) in [6, 6.07) is 24.1. The maximum absolute atomic E-state index is 6.82. The van der Waals surface area contributed by atoms with E-state index in [-0.39, 0.29) is 0 Å². The molecule has 6 heteroatoms. The summed E-state index contributed by atoms with van der Waals surface area (Å²) in [4.78, 5) is 9.46. The van der Waals surface area contributed by atoms with Crippen LogP contribution in [0.25, 0.3) is 57.5 Å². The van der Waals surface area contributed by atoms with Crippen molar-refractivity contribution in [2.45, 2.75) is 0 Å². The molecule has 0 N–H and O–H groups in total. The normalized spacial score (nSPS) is 12.4. The first-order valence-corrected chi connectivity index (χ1v) is 10.8. The second-order valence-corrected chi connectivity index (χ2v) is 8.32. The Hall–Kier alpha value is -3.60. The predicted octanol–water partition coefficient (Wildman–Crippen LogP) is 7.27. The highest BCUT2D eigenvalue weighted by molar-refractivity contribution is 6.22. The predicted molar refractivity (Wildman–Crippen MR) is 134 cm³/mol. The van der Waals surface area contributed by atoms with Crippen molar-refractivity contribution in [1.29, 1.82) is 0 Å². The summed E-state index contributed by atoms with van der Waals surface area (Å²) in [6.07, 6.45) is 7.89. The maximum Gasteiger partial charge on any atom is 0.0682 e. The molecule has 1 aromatic carbocycles.